The maximum Gasteiger partial charge on any atom is 0.241 e. The Morgan fingerprint density at radius 3 is 2.39 bits per heavy atom. The molecule has 1 N–H and O–H groups in total. The lowest BCUT2D eigenvalue weighted by atomic mass is 10.1. The van der Waals surface area contributed by atoms with E-state index in [0.717, 1.165) is 14.9 Å². The number of rotatable bonds is 5. The Bertz CT molecular complexity index is 878. The van der Waals surface area contributed by atoms with Crippen LogP contribution in [-0.4, -0.2) is 8.42 Å². The molecular formula is C17H14BrNO2S2. The average Bonchev–Trinajstić information content (AvgIpc) is 3.08. The second kappa shape index (κ2) is 6.97. The highest BCUT2D eigenvalue weighted by atomic mass is 79.9. The molecule has 1 aromatic heterocycles. The van der Waals surface area contributed by atoms with Crippen LogP contribution in [0.25, 0.3) is 0 Å². The molecule has 3 nitrogen and oxygen atoms in total. The van der Waals surface area contributed by atoms with Crippen LogP contribution in [0.4, 0.5) is 0 Å². The van der Waals surface area contributed by atoms with Crippen LogP contribution in [0.5, 0.6) is 0 Å². The Kier molecular flexibility index (Phi) is 4.96. The third-order valence-electron chi connectivity index (χ3n) is 3.34. The maximum atomic E-state index is 12.7. The van der Waals surface area contributed by atoms with Gasteiger partial charge in [-0.15, -0.1) is 11.3 Å². The first kappa shape index (κ1) is 16.4. The average molecular weight is 408 g/mol. The zero-order valence-corrected chi connectivity index (χ0v) is 15.2. The lowest BCUT2D eigenvalue weighted by Gasteiger charge is -2.18. The van der Waals surface area contributed by atoms with E-state index in [1.165, 1.54) is 11.3 Å². The van der Waals surface area contributed by atoms with E-state index in [1.807, 2.05) is 47.8 Å². The maximum absolute atomic E-state index is 12.7. The molecule has 0 spiro atoms. The summed E-state index contributed by atoms with van der Waals surface area (Å²) in [5.74, 6) is 0. The van der Waals surface area contributed by atoms with Crippen LogP contribution in [-0.2, 0) is 10.0 Å². The van der Waals surface area contributed by atoms with E-state index in [-0.39, 0.29) is 4.90 Å². The summed E-state index contributed by atoms with van der Waals surface area (Å²) in [7, 11) is -3.63. The molecule has 1 heterocycles. The molecule has 0 radical (unpaired) electrons. The van der Waals surface area contributed by atoms with Crippen LogP contribution in [0.15, 0.2) is 81.5 Å². The number of sulfonamides is 1. The van der Waals surface area contributed by atoms with Gasteiger partial charge in [0.1, 0.15) is 0 Å². The van der Waals surface area contributed by atoms with Crippen LogP contribution < -0.4 is 4.72 Å². The zero-order chi connectivity index (χ0) is 16.3. The Morgan fingerprint density at radius 1 is 0.957 bits per heavy atom. The molecule has 3 rings (SSSR count). The Balaban J connectivity index is 1.99. The van der Waals surface area contributed by atoms with E-state index in [9.17, 15) is 8.42 Å². The van der Waals surface area contributed by atoms with E-state index >= 15 is 0 Å². The number of nitrogens with one attached hydrogen (secondary N) is 1. The molecule has 0 saturated heterocycles. The van der Waals surface area contributed by atoms with Crippen molar-refractivity contribution in [2.24, 2.45) is 0 Å². The first-order valence-electron chi connectivity index (χ1n) is 6.92. The summed E-state index contributed by atoms with van der Waals surface area (Å²) in [6, 6.07) is 19.7. The molecule has 0 aliphatic carbocycles. The van der Waals surface area contributed by atoms with Gasteiger partial charge in [0.2, 0.25) is 10.0 Å². The highest BCUT2D eigenvalue weighted by molar-refractivity contribution is 9.10. The number of hydrogen-bond donors (Lipinski definition) is 1. The third kappa shape index (κ3) is 3.90. The predicted molar refractivity (Wildman–Crippen MR) is 97.1 cm³/mol. The molecular weight excluding hydrogens is 394 g/mol. The molecule has 0 aliphatic rings. The van der Waals surface area contributed by atoms with Gasteiger partial charge in [-0.25, -0.2) is 8.42 Å². The van der Waals surface area contributed by atoms with Crippen LogP contribution in [0.2, 0.25) is 0 Å². The SMILES string of the molecule is O=S(=O)(NC(c1ccccc1)c1cccs1)c1cccc(Br)c1. The van der Waals surface area contributed by atoms with Gasteiger partial charge >= 0.3 is 0 Å². The number of hydrogen-bond acceptors (Lipinski definition) is 3. The normalized spacial score (nSPS) is 12.9. The fraction of sp³-hybridized carbons (Fsp3) is 0.0588. The van der Waals surface area contributed by atoms with E-state index < -0.39 is 16.1 Å². The van der Waals surface area contributed by atoms with Crippen LogP contribution in [0.1, 0.15) is 16.5 Å². The molecule has 0 fully saturated rings. The molecule has 0 bridgehead atoms. The molecule has 0 aliphatic heterocycles. The van der Waals surface area contributed by atoms with Gasteiger partial charge in [0, 0.05) is 9.35 Å². The molecule has 6 heteroatoms. The third-order valence-corrected chi connectivity index (χ3v) is 6.19. The first-order chi connectivity index (χ1) is 11.1. The number of thiophene rings is 1. The molecule has 1 atom stereocenters. The minimum absolute atomic E-state index is 0.240. The van der Waals surface area contributed by atoms with Crippen molar-refractivity contribution in [1.29, 1.82) is 0 Å². The molecule has 3 aromatic rings. The lowest BCUT2D eigenvalue weighted by molar-refractivity contribution is 0.573. The quantitative estimate of drug-likeness (QED) is 0.672. The summed E-state index contributed by atoms with van der Waals surface area (Å²) in [4.78, 5) is 1.19. The second-order valence-corrected chi connectivity index (χ2v) is 8.55. The predicted octanol–water partition coefficient (Wildman–Crippen LogP) is 4.58. The standard InChI is InChI=1S/C17H14BrNO2S2/c18-14-8-4-9-15(12-14)23(20,21)19-17(16-10-5-11-22-16)13-6-2-1-3-7-13/h1-12,17,19H. The fourth-order valence-corrected chi connectivity index (χ4v) is 4.93. The van der Waals surface area contributed by atoms with Gasteiger partial charge in [-0.3, -0.25) is 0 Å². The van der Waals surface area contributed by atoms with Crippen molar-refractivity contribution in [3.63, 3.8) is 0 Å². The summed E-state index contributed by atoms with van der Waals surface area (Å²) in [5.41, 5.74) is 0.911. The first-order valence-corrected chi connectivity index (χ1v) is 10.1. The van der Waals surface area contributed by atoms with Crippen LogP contribution in [0, 0.1) is 0 Å². The molecule has 23 heavy (non-hydrogen) atoms. The molecule has 1 unspecified atom stereocenters. The van der Waals surface area contributed by atoms with Gasteiger partial charge in [-0.1, -0.05) is 58.4 Å². The van der Waals surface area contributed by atoms with E-state index in [1.54, 1.807) is 24.3 Å². The van der Waals surface area contributed by atoms with Crippen molar-refractivity contribution in [2.45, 2.75) is 10.9 Å². The van der Waals surface area contributed by atoms with Gasteiger partial charge in [0.15, 0.2) is 0 Å². The Morgan fingerprint density at radius 2 is 1.74 bits per heavy atom. The smallest absolute Gasteiger partial charge is 0.207 e. The lowest BCUT2D eigenvalue weighted by Crippen LogP contribution is -2.29. The minimum Gasteiger partial charge on any atom is -0.207 e. The summed E-state index contributed by atoms with van der Waals surface area (Å²) >= 11 is 4.84. The van der Waals surface area contributed by atoms with Crippen molar-refractivity contribution in [2.75, 3.05) is 0 Å². The highest BCUT2D eigenvalue weighted by Gasteiger charge is 2.23. The van der Waals surface area contributed by atoms with Crippen molar-refractivity contribution in [3.05, 3.63) is 87.0 Å². The van der Waals surface area contributed by atoms with Gasteiger partial charge in [-0.05, 0) is 35.2 Å². The second-order valence-electron chi connectivity index (χ2n) is 4.94. The molecule has 118 valence electrons. The number of halogens is 1. The number of benzene rings is 2. The molecule has 0 saturated carbocycles. The van der Waals surface area contributed by atoms with Crippen molar-refractivity contribution in [3.8, 4) is 0 Å². The van der Waals surface area contributed by atoms with Gasteiger partial charge < -0.3 is 0 Å². The van der Waals surface area contributed by atoms with E-state index in [2.05, 4.69) is 20.7 Å². The molecule has 2 aromatic carbocycles. The van der Waals surface area contributed by atoms with Crippen molar-refractivity contribution >= 4 is 37.3 Å². The molecule has 0 amide bonds. The summed E-state index contributed by atoms with van der Waals surface area (Å²) < 4.78 is 29.0. The largest absolute Gasteiger partial charge is 0.241 e. The van der Waals surface area contributed by atoms with E-state index in [0.29, 0.717) is 0 Å². The summed E-state index contributed by atoms with van der Waals surface area (Å²) in [6.07, 6.45) is 0. The van der Waals surface area contributed by atoms with Gasteiger partial charge in [0.05, 0.1) is 10.9 Å². The topological polar surface area (TPSA) is 46.2 Å². The Hall–Kier alpha value is -1.47. The monoisotopic (exact) mass is 407 g/mol. The van der Waals surface area contributed by atoms with Crippen molar-refractivity contribution < 1.29 is 8.42 Å². The summed E-state index contributed by atoms with van der Waals surface area (Å²) in [5, 5.41) is 1.94. The zero-order valence-electron chi connectivity index (χ0n) is 12.0. The van der Waals surface area contributed by atoms with Gasteiger partial charge in [0.25, 0.3) is 0 Å². The Labute approximate surface area is 148 Å². The van der Waals surface area contributed by atoms with E-state index in [4.69, 9.17) is 0 Å². The van der Waals surface area contributed by atoms with Crippen molar-refractivity contribution in [1.82, 2.24) is 4.72 Å². The van der Waals surface area contributed by atoms with Crippen LogP contribution >= 0.6 is 27.3 Å². The highest BCUT2D eigenvalue weighted by Crippen LogP contribution is 2.28. The summed E-state index contributed by atoms with van der Waals surface area (Å²) in [6.45, 7) is 0. The van der Waals surface area contributed by atoms with Crippen LogP contribution in [0.3, 0.4) is 0 Å². The van der Waals surface area contributed by atoms with Gasteiger partial charge in [-0.2, -0.15) is 4.72 Å². The minimum atomic E-state index is -3.63. The fourth-order valence-electron chi connectivity index (χ4n) is 2.25.